The van der Waals surface area contributed by atoms with Gasteiger partial charge in [-0.05, 0) is 25.1 Å². The summed E-state index contributed by atoms with van der Waals surface area (Å²) in [7, 11) is 0. The van der Waals surface area contributed by atoms with Crippen LogP contribution in [-0.2, 0) is 4.79 Å². The largest absolute Gasteiger partial charge is 0.366 e. The lowest BCUT2D eigenvalue weighted by atomic mass is 10.1. The number of primary amides is 1. The topological polar surface area (TPSA) is 56.0 Å². The van der Waals surface area contributed by atoms with E-state index in [1.807, 2.05) is 0 Å². The Bertz CT molecular complexity index is 384. The summed E-state index contributed by atoms with van der Waals surface area (Å²) in [6.45, 7) is 1.72. The van der Waals surface area contributed by atoms with Crippen LogP contribution < -0.4 is 5.73 Å². The van der Waals surface area contributed by atoms with Crippen molar-refractivity contribution < 1.29 is 4.79 Å². The number of pyridine rings is 1. The summed E-state index contributed by atoms with van der Waals surface area (Å²) in [5.41, 5.74) is 6.10. The highest BCUT2D eigenvalue weighted by molar-refractivity contribution is 7.80. The first-order valence-electron chi connectivity index (χ1n) is 4.04. The van der Waals surface area contributed by atoms with Crippen molar-refractivity contribution in [2.45, 2.75) is 6.92 Å². The number of rotatable bonds is 3. The zero-order valence-electron chi connectivity index (χ0n) is 7.73. The molecular weight excluding hydrogens is 196 g/mol. The standard InChI is InChI=1S/C10H10N2OS/c1-7(14)6-8(10(11)13)9-4-2-3-5-12-9/h2-6H,1H3,(H2,11,13)/b8-6+. The normalized spacial score (nSPS) is 11.1. The van der Waals surface area contributed by atoms with E-state index in [4.69, 9.17) is 18.0 Å². The van der Waals surface area contributed by atoms with Crippen LogP contribution in [0.5, 0.6) is 0 Å². The van der Waals surface area contributed by atoms with Crippen LogP contribution in [0.1, 0.15) is 12.6 Å². The average molecular weight is 206 g/mol. The molecule has 0 fully saturated rings. The van der Waals surface area contributed by atoms with E-state index < -0.39 is 5.91 Å². The molecule has 0 aliphatic rings. The maximum atomic E-state index is 11.1. The Balaban J connectivity index is 3.14. The molecule has 0 saturated carbocycles. The van der Waals surface area contributed by atoms with Gasteiger partial charge in [-0.25, -0.2) is 0 Å². The first kappa shape index (κ1) is 10.5. The monoisotopic (exact) mass is 206 g/mol. The second-order valence-electron chi connectivity index (χ2n) is 2.75. The molecule has 4 heteroatoms. The van der Waals surface area contributed by atoms with Gasteiger partial charge in [-0.15, -0.1) is 0 Å². The molecule has 1 aromatic rings. The Morgan fingerprint density at radius 1 is 1.57 bits per heavy atom. The molecule has 0 aromatic carbocycles. The first-order chi connectivity index (χ1) is 6.61. The van der Waals surface area contributed by atoms with E-state index in [2.05, 4.69) is 4.98 Å². The molecule has 0 atom stereocenters. The predicted octanol–water partition coefficient (Wildman–Crippen LogP) is 1.34. The van der Waals surface area contributed by atoms with E-state index in [9.17, 15) is 4.79 Å². The van der Waals surface area contributed by atoms with Crippen LogP contribution in [0.2, 0.25) is 0 Å². The molecule has 72 valence electrons. The smallest absolute Gasteiger partial charge is 0.250 e. The SMILES string of the molecule is CC(=S)/C=C(/C(N)=O)c1ccccn1. The van der Waals surface area contributed by atoms with Crippen LogP contribution in [0.25, 0.3) is 5.57 Å². The van der Waals surface area contributed by atoms with Gasteiger partial charge < -0.3 is 5.73 Å². The number of hydrogen-bond acceptors (Lipinski definition) is 3. The summed E-state index contributed by atoms with van der Waals surface area (Å²) in [6, 6.07) is 5.28. The summed E-state index contributed by atoms with van der Waals surface area (Å²) in [4.78, 5) is 15.7. The van der Waals surface area contributed by atoms with Crippen molar-refractivity contribution >= 4 is 28.6 Å². The quantitative estimate of drug-likeness (QED) is 0.599. The van der Waals surface area contributed by atoms with Gasteiger partial charge in [0.1, 0.15) is 0 Å². The number of carbonyl (C=O) groups excluding carboxylic acids is 1. The minimum absolute atomic E-state index is 0.345. The highest BCUT2D eigenvalue weighted by Gasteiger charge is 2.08. The molecule has 0 aliphatic heterocycles. The zero-order chi connectivity index (χ0) is 10.6. The third-order valence-electron chi connectivity index (χ3n) is 1.55. The van der Waals surface area contributed by atoms with Gasteiger partial charge >= 0.3 is 0 Å². The fourth-order valence-corrected chi connectivity index (χ4v) is 1.11. The van der Waals surface area contributed by atoms with Gasteiger partial charge in [-0.3, -0.25) is 9.78 Å². The number of amides is 1. The van der Waals surface area contributed by atoms with Crippen molar-refractivity contribution in [3.05, 3.63) is 36.2 Å². The van der Waals surface area contributed by atoms with Crippen molar-refractivity contribution in [2.24, 2.45) is 5.73 Å². The Morgan fingerprint density at radius 2 is 2.29 bits per heavy atom. The minimum Gasteiger partial charge on any atom is -0.366 e. The molecule has 0 bridgehead atoms. The zero-order valence-corrected chi connectivity index (χ0v) is 8.54. The minimum atomic E-state index is -0.520. The van der Waals surface area contributed by atoms with E-state index in [-0.39, 0.29) is 0 Å². The molecule has 1 amide bonds. The summed E-state index contributed by atoms with van der Waals surface area (Å²) in [5, 5.41) is 0. The molecule has 1 rings (SSSR count). The number of nitrogens with zero attached hydrogens (tertiary/aromatic N) is 1. The molecule has 0 saturated heterocycles. The van der Waals surface area contributed by atoms with E-state index >= 15 is 0 Å². The maximum absolute atomic E-state index is 11.1. The van der Waals surface area contributed by atoms with E-state index in [0.29, 0.717) is 16.1 Å². The lowest BCUT2D eigenvalue weighted by molar-refractivity contribution is -0.112. The summed E-state index contributed by atoms with van der Waals surface area (Å²) in [6.07, 6.45) is 3.16. The van der Waals surface area contributed by atoms with Crippen LogP contribution in [-0.4, -0.2) is 15.8 Å². The highest BCUT2D eigenvalue weighted by Crippen LogP contribution is 2.10. The van der Waals surface area contributed by atoms with Crippen molar-refractivity contribution in [3.8, 4) is 0 Å². The molecule has 0 unspecified atom stereocenters. The molecule has 0 radical (unpaired) electrons. The second kappa shape index (κ2) is 4.62. The number of allylic oxidation sites excluding steroid dienone is 1. The molecule has 2 N–H and O–H groups in total. The van der Waals surface area contributed by atoms with Crippen LogP contribution in [0.15, 0.2) is 30.5 Å². The van der Waals surface area contributed by atoms with Crippen LogP contribution >= 0.6 is 12.2 Å². The maximum Gasteiger partial charge on any atom is 0.250 e. The fourth-order valence-electron chi connectivity index (χ4n) is 0.997. The van der Waals surface area contributed by atoms with Gasteiger partial charge in [0.05, 0.1) is 11.3 Å². The highest BCUT2D eigenvalue weighted by atomic mass is 32.1. The third-order valence-corrected chi connectivity index (χ3v) is 1.67. The number of nitrogens with two attached hydrogens (primary N) is 1. The van der Waals surface area contributed by atoms with Crippen molar-refractivity contribution in [1.29, 1.82) is 0 Å². The number of hydrogen-bond donors (Lipinski definition) is 1. The van der Waals surface area contributed by atoms with Gasteiger partial charge in [0, 0.05) is 11.1 Å². The Labute approximate surface area is 87.6 Å². The van der Waals surface area contributed by atoms with Crippen LogP contribution in [0.3, 0.4) is 0 Å². The van der Waals surface area contributed by atoms with Crippen molar-refractivity contribution in [2.75, 3.05) is 0 Å². The van der Waals surface area contributed by atoms with Gasteiger partial charge in [0.2, 0.25) is 0 Å². The van der Waals surface area contributed by atoms with Gasteiger partial charge in [-0.2, -0.15) is 0 Å². The predicted molar refractivity (Wildman–Crippen MR) is 59.7 cm³/mol. The summed E-state index contributed by atoms with van der Waals surface area (Å²) >= 11 is 4.88. The number of carbonyl (C=O) groups is 1. The van der Waals surface area contributed by atoms with Gasteiger partial charge in [0.25, 0.3) is 5.91 Å². The summed E-state index contributed by atoms with van der Waals surface area (Å²) in [5.74, 6) is -0.520. The summed E-state index contributed by atoms with van der Waals surface area (Å²) < 4.78 is 0. The van der Waals surface area contributed by atoms with Crippen LogP contribution in [0.4, 0.5) is 0 Å². The van der Waals surface area contributed by atoms with Gasteiger partial charge in [-0.1, -0.05) is 18.3 Å². The van der Waals surface area contributed by atoms with E-state index in [1.165, 1.54) is 0 Å². The lowest BCUT2D eigenvalue weighted by Gasteiger charge is -2.01. The average Bonchev–Trinajstić information content (AvgIpc) is 2.15. The van der Waals surface area contributed by atoms with Crippen molar-refractivity contribution in [1.82, 2.24) is 4.98 Å². The fraction of sp³-hybridized carbons (Fsp3) is 0.100. The van der Waals surface area contributed by atoms with Crippen LogP contribution in [0, 0.1) is 0 Å². The molecule has 14 heavy (non-hydrogen) atoms. The number of thiocarbonyl (C=S) groups is 1. The second-order valence-corrected chi connectivity index (χ2v) is 3.39. The Morgan fingerprint density at radius 3 is 2.71 bits per heavy atom. The Kier molecular flexibility index (Phi) is 3.48. The Hall–Kier alpha value is -1.55. The van der Waals surface area contributed by atoms with E-state index in [0.717, 1.165) is 0 Å². The molecular formula is C10H10N2OS. The lowest BCUT2D eigenvalue weighted by Crippen LogP contribution is -2.14. The molecule has 1 aromatic heterocycles. The number of aromatic nitrogens is 1. The molecule has 0 spiro atoms. The molecule has 1 heterocycles. The first-order valence-corrected chi connectivity index (χ1v) is 4.45. The van der Waals surface area contributed by atoms with Gasteiger partial charge in [0.15, 0.2) is 0 Å². The van der Waals surface area contributed by atoms with Crippen molar-refractivity contribution in [3.63, 3.8) is 0 Å². The molecule has 3 nitrogen and oxygen atoms in total. The van der Waals surface area contributed by atoms with E-state index in [1.54, 1.807) is 37.4 Å². The molecule has 0 aliphatic carbocycles. The third kappa shape index (κ3) is 2.74.